The minimum atomic E-state index is 0.331. The van der Waals surface area contributed by atoms with Crippen molar-refractivity contribution < 1.29 is 4.42 Å². The van der Waals surface area contributed by atoms with Crippen LogP contribution in [0.4, 0.5) is 0 Å². The molecule has 0 aliphatic carbocycles. The van der Waals surface area contributed by atoms with Crippen LogP contribution in [0.5, 0.6) is 0 Å². The molecule has 0 spiro atoms. The third-order valence-electron chi connectivity index (χ3n) is 2.42. The number of rotatable bonds is 2. The van der Waals surface area contributed by atoms with E-state index >= 15 is 0 Å². The maximum absolute atomic E-state index is 6.03. The van der Waals surface area contributed by atoms with E-state index in [-0.39, 0.29) is 0 Å². The second kappa shape index (κ2) is 3.83. The van der Waals surface area contributed by atoms with E-state index in [2.05, 4.69) is 20.6 Å². The van der Waals surface area contributed by atoms with E-state index in [0.717, 1.165) is 5.39 Å². The molecule has 3 rings (SSSR count). The number of halogens is 1. The van der Waals surface area contributed by atoms with Gasteiger partial charge in [0.1, 0.15) is 11.3 Å². The molecule has 0 aliphatic heterocycles. The molecule has 0 saturated carbocycles. The Morgan fingerprint density at radius 3 is 2.94 bits per heavy atom. The van der Waals surface area contributed by atoms with Gasteiger partial charge in [-0.1, -0.05) is 11.6 Å². The lowest BCUT2D eigenvalue weighted by Gasteiger charge is -1.97. The highest BCUT2D eigenvalue weighted by atomic mass is 35.5. The average Bonchev–Trinajstić information content (AvgIpc) is 2.96. The van der Waals surface area contributed by atoms with Crippen molar-refractivity contribution in [2.75, 3.05) is 0 Å². The summed E-state index contributed by atoms with van der Waals surface area (Å²) in [4.78, 5) is 0. The monoisotopic (exact) mass is 249 g/mol. The fourth-order valence-corrected chi connectivity index (χ4v) is 1.94. The Labute approximate surface area is 101 Å². The van der Waals surface area contributed by atoms with Crippen LogP contribution < -0.4 is 5.73 Å². The van der Waals surface area contributed by atoms with Crippen LogP contribution >= 0.6 is 11.6 Å². The number of fused-ring (bicyclic) bond motifs is 1. The Morgan fingerprint density at radius 2 is 2.24 bits per heavy atom. The number of nitrogens with two attached hydrogens (primary N) is 1. The quantitative estimate of drug-likeness (QED) is 0.721. The standard InChI is InChI=1S/C10H8ClN5O/c11-6-1-5-2-7(4-12)17-9(5)8(3-6)10-13-15-16-14-10/h1-3H,4,12H2,(H,13,14,15,16). The first kappa shape index (κ1) is 10.2. The molecule has 3 N–H and O–H groups in total. The van der Waals surface area contributed by atoms with Crippen LogP contribution in [0, 0.1) is 0 Å². The van der Waals surface area contributed by atoms with Gasteiger partial charge in [0.05, 0.1) is 12.1 Å². The molecule has 17 heavy (non-hydrogen) atoms. The van der Waals surface area contributed by atoms with Crippen LogP contribution in [0.1, 0.15) is 5.76 Å². The first-order chi connectivity index (χ1) is 8.28. The first-order valence-electron chi connectivity index (χ1n) is 4.94. The van der Waals surface area contributed by atoms with Gasteiger partial charge < -0.3 is 10.2 Å². The molecule has 0 atom stereocenters. The van der Waals surface area contributed by atoms with E-state index in [0.29, 0.717) is 34.3 Å². The average molecular weight is 250 g/mol. The Kier molecular flexibility index (Phi) is 2.31. The van der Waals surface area contributed by atoms with Crippen molar-refractivity contribution in [2.45, 2.75) is 6.54 Å². The van der Waals surface area contributed by atoms with Crippen molar-refractivity contribution in [3.63, 3.8) is 0 Å². The van der Waals surface area contributed by atoms with Crippen LogP contribution in [-0.2, 0) is 6.54 Å². The van der Waals surface area contributed by atoms with Gasteiger partial charge in [-0.25, -0.2) is 0 Å². The highest BCUT2D eigenvalue weighted by molar-refractivity contribution is 6.31. The third kappa shape index (κ3) is 1.67. The number of aromatic nitrogens is 4. The van der Waals surface area contributed by atoms with Gasteiger partial charge in [-0.3, -0.25) is 0 Å². The molecule has 0 radical (unpaired) electrons. The summed E-state index contributed by atoms with van der Waals surface area (Å²) in [7, 11) is 0. The zero-order valence-corrected chi connectivity index (χ0v) is 9.40. The molecule has 2 heterocycles. The number of tetrazole rings is 1. The number of hydrogen-bond donors (Lipinski definition) is 2. The minimum Gasteiger partial charge on any atom is -0.459 e. The van der Waals surface area contributed by atoms with Crippen molar-refractivity contribution in [3.05, 3.63) is 29.0 Å². The largest absolute Gasteiger partial charge is 0.459 e. The zero-order valence-electron chi connectivity index (χ0n) is 8.64. The van der Waals surface area contributed by atoms with Crippen LogP contribution in [-0.4, -0.2) is 20.6 Å². The fraction of sp³-hybridized carbons (Fsp3) is 0.100. The van der Waals surface area contributed by atoms with Crippen LogP contribution in [0.3, 0.4) is 0 Å². The number of nitrogens with one attached hydrogen (secondary N) is 1. The molecule has 2 aromatic heterocycles. The van der Waals surface area contributed by atoms with Crippen molar-refractivity contribution in [3.8, 4) is 11.4 Å². The van der Waals surface area contributed by atoms with Crippen molar-refractivity contribution in [1.29, 1.82) is 0 Å². The molecule has 86 valence electrons. The Bertz CT molecular complexity index is 661. The Hall–Kier alpha value is -1.92. The summed E-state index contributed by atoms with van der Waals surface area (Å²) in [6.07, 6.45) is 0. The van der Waals surface area contributed by atoms with Gasteiger partial charge >= 0.3 is 0 Å². The Balaban J connectivity index is 2.32. The molecule has 0 saturated heterocycles. The fourth-order valence-electron chi connectivity index (χ4n) is 1.71. The van der Waals surface area contributed by atoms with Crippen LogP contribution in [0.15, 0.2) is 22.6 Å². The summed E-state index contributed by atoms with van der Waals surface area (Å²) < 4.78 is 5.62. The van der Waals surface area contributed by atoms with Crippen molar-refractivity contribution in [1.82, 2.24) is 20.6 Å². The second-order valence-electron chi connectivity index (χ2n) is 3.52. The number of aromatic amines is 1. The second-order valence-corrected chi connectivity index (χ2v) is 3.96. The lowest BCUT2D eigenvalue weighted by atomic mass is 10.1. The summed E-state index contributed by atoms with van der Waals surface area (Å²) >= 11 is 6.03. The van der Waals surface area contributed by atoms with E-state index in [4.69, 9.17) is 21.8 Å². The van der Waals surface area contributed by atoms with E-state index in [1.807, 2.05) is 12.1 Å². The zero-order chi connectivity index (χ0) is 11.8. The molecule has 0 fully saturated rings. The maximum atomic E-state index is 6.03. The molecular weight excluding hydrogens is 242 g/mol. The van der Waals surface area contributed by atoms with Crippen molar-refractivity contribution >= 4 is 22.6 Å². The summed E-state index contributed by atoms with van der Waals surface area (Å²) in [5.41, 5.74) is 6.90. The van der Waals surface area contributed by atoms with E-state index < -0.39 is 0 Å². The summed E-state index contributed by atoms with van der Waals surface area (Å²) in [6, 6.07) is 5.40. The number of hydrogen-bond acceptors (Lipinski definition) is 5. The minimum absolute atomic E-state index is 0.331. The molecule has 0 bridgehead atoms. The smallest absolute Gasteiger partial charge is 0.208 e. The third-order valence-corrected chi connectivity index (χ3v) is 2.64. The van der Waals surface area contributed by atoms with Crippen LogP contribution in [0.25, 0.3) is 22.4 Å². The van der Waals surface area contributed by atoms with E-state index in [1.54, 1.807) is 6.07 Å². The molecular formula is C10H8ClN5O. The summed E-state index contributed by atoms with van der Waals surface area (Å²) in [6.45, 7) is 0.331. The summed E-state index contributed by atoms with van der Waals surface area (Å²) in [5, 5.41) is 15.2. The lowest BCUT2D eigenvalue weighted by molar-refractivity contribution is 0.553. The van der Waals surface area contributed by atoms with Gasteiger partial charge in [0, 0.05) is 10.4 Å². The highest BCUT2D eigenvalue weighted by Crippen LogP contribution is 2.31. The van der Waals surface area contributed by atoms with Gasteiger partial charge in [0.15, 0.2) is 0 Å². The lowest BCUT2D eigenvalue weighted by Crippen LogP contribution is -1.92. The number of H-pyrrole nitrogens is 1. The molecule has 1 aromatic carbocycles. The van der Waals surface area contributed by atoms with E-state index in [9.17, 15) is 0 Å². The predicted molar refractivity (Wildman–Crippen MR) is 62.3 cm³/mol. The topological polar surface area (TPSA) is 93.6 Å². The summed E-state index contributed by atoms with van der Waals surface area (Å²) in [5.74, 6) is 1.13. The van der Waals surface area contributed by atoms with Crippen LogP contribution in [0.2, 0.25) is 5.02 Å². The van der Waals surface area contributed by atoms with Gasteiger partial charge in [-0.05, 0) is 23.4 Å². The molecule has 6 nitrogen and oxygen atoms in total. The highest BCUT2D eigenvalue weighted by Gasteiger charge is 2.14. The maximum Gasteiger partial charge on any atom is 0.208 e. The Morgan fingerprint density at radius 1 is 1.35 bits per heavy atom. The predicted octanol–water partition coefficient (Wildman–Crippen LogP) is 1.72. The number of nitrogens with zero attached hydrogens (tertiary/aromatic N) is 3. The molecule has 7 heteroatoms. The van der Waals surface area contributed by atoms with Gasteiger partial charge in [0.2, 0.25) is 5.82 Å². The SMILES string of the molecule is NCc1cc2cc(Cl)cc(-c3nn[nH]n3)c2o1. The molecule has 3 aromatic rings. The molecule has 0 unspecified atom stereocenters. The first-order valence-corrected chi connectivity index (χ1v) is 5.31. The molecule has 0 aliphatic rings. The number of benzene rings is 1. The van der Waals surface area contributed by atoms with Gasteiger partial charge in [-0.2, -0.15) is 5.21 Å². The van der Waals surface area contributed by atoms with Crippen molar-refractivity contribution in [2.24, 2.45) is 5.73 Å². The number of furan rings is 1. The van der Waals surface area contributed by atoms with Gasteiger partial charge in [0.25, 0.3) is 0 Å². The van der Waals surface area contributed by atoms with E-state index in [1.165, 1.54) is 0 Å². The normalized spacial score (nSPS) is 11.2. The molecule has 0 amide bonds. The van der Waals surface area contributed by atoms with Gasteiger partial charge in [-0.15, -0.1) is 10.2 Å².